The molecule has 4 bridgehead atoms. The van der Waals surface area contributed by atoms with Crippen molar-refractivity contribution in [1.82, 2.24) is 0 Å². The predicted molar refractivity (Wildman–Crippen MR) is 114 cm³/mol. The van der Waals surface area contributed by atoms with Crippen LogP contribution < -0.4 is 0 Å². The van der Waals surface area contributed by atoms with E-state index in [4.69, 9.17) is 4.74 Å². The van der Waals surface area contributed by atoms with Crippen LogP contribution in [-0.2, 0) is 4.74 Å². The molecule has 0 saturated heterocycles. The summed E-state index contributed by atoms with van der Waals surface area (Å²) in [4.78, 5) is 13.2. The number of benzene rings is 1. The van der Waals surface area contributed by atoms with E-state index in [9.17, 15) is 4.79 Å². The van der Waals surface area contributed by atoms with E-state index in [1.54, 1.807) is 0 Å². The smallest absolute Gasteiger partial charge is 0.338 e. The zero-order valence-electron chi connectivity index (χ0n) is 18.3. The molecule has 1 atom stereocenters. The molecule has 1 unspecified atom stereocenters. The van der Waals surface area contributed by atoms with Gasteiger partial charge in [0.25, 0.3) is 0 Å². The minimum atomic E-state index is -0.296. The third-order valence-corrected chi connectivity index (χ3v) is 8.76. The minimum absolute atomic E-state index is 0.116. The van der Waals surface area contributed by atoms with E-state index in [0.29, 0.717) is 11.5 Å². The molecule has 4 fully saturated rings. The first-order valence-corrected chi connectivity index (χ1v) is 11.8. The highest BCUT2D eigenvalue weighted by Crippen LogP contribution is 2.65. The first-order valence-electron chi connectivity index (χ1n) is 11.8. The standard InChI is InChI=1S/C26H38O2/c1-5-18(4)22-8-10-23(11-9-22)24(27)28-26(6-2,7-3)25-15-19-12-20(16-25)14-21(13-19)17-25/h8-11,18-21H,5-7,12-17H2,1-4H3. The summed E-state index contributed by atoms with van der Waals surface area (Å²) in [6, 6.07) is 8.16. The van der Waals surface area contributed by atoms with Crippen LogP contribution in [0, 0.1) is 23.2 Å². The number of hydrogen-bond donors (Lipinski definition) is 0. The Hall–Kier alpha value is -1.31. The van der Waals surface area contributed by atoms with Gasteiger partial charge in [0, 0.05) is 5.41 Å². The zero-order valence-corrected chi connectivity index (χ0v) is 18.3. The Bertz CT molecular complexity index is 662. The number of ether oxygens (including phenoxy) is 1. The SMILES string of the molecule is CCC(C)c1ccc(C(=O)OC(CC)(CC)C23CC4CC(CC(C4)C2)C3)cc1. The van der Waals surface area contributed by atoms with Crippen molar-refractivity contribution in [2.45, 2.75) is 97.0 Å². The summed E-state index contributed by atoms with van der Waals surface area (Å²) in [6.45, 7) is 8.91. The average molecular weight is 383 g/mol. The normalized spacial score (nSPS) is 32.4. The molecule has 4 saturated carbocycles. The Balaban J connectivity index is 1.57. The number of hydrogen-bond acceptors (Lipinski definition) is 2. The molecule has 4 aliphatic carbocycles. The summed E-state index contributed by atoms with van der Waals surface area (Å²) in [6.07, 6.45) is 11.1. The highest BCUT2D eigenvalue weighted by molar-refractivity contribution is 5.89. The Morgan fingerprint density at radius 1 is 1.00 bits per heavy atom. The van der Waals surface area contributed by atoms with Gasteiger partial charge in [0.15, 0.2) is 0 Å². The number of rotatable bonds is 7. The van der Waals surface area contributed by atoms with Gasteiger partial charge in [0.05, 0.1) is 5.56 Å². The van der Waals surface area contributed by atoms with Crippen molar-refractivity contribution in [2.24, 2.45) is 23.2 Å². The molecule has 0 aromatic heterocycles. The lowest BCUT2D eigenvalue weighted by atomic mass is 9.44. The molecule has 1 aromatic rings. The monoisotopic (exact) mass is 382 g/mol. The quantitative estimate of drug-likeness (QED) is 0.469. The van der Waals surface area contributed by atoms with E-state index in [0.717, 1.165) is 37.0 Å². The van der Waals surface area contributed by atoms with Crippen LogP contribution in [0.15, 0.2) is 24.3 Å². The summed E-state index contributed by atoms with van der Waals surface area (Å²) in [5, 5.41) is 0. The van der Waals surface area contributed by atoms with Crippen LogP contribution >= 0.6 is 0 Å². The van der Waals surface area contributed by atoms with Crippen LogP contribution in [0.5, 0.6) is 0 Å². The highest BCUT2D eigenvalue weighted by atomic mass is 16.6. The molecular weight excluding hydrogens is 344 g/mol. The molecule has 1 aromatic carbocycles. The molecule has 0 heterocycles. The third kappa shape index (κ3) is 3.21. The number of carbonyl (C=O) groups is 1. The second-order valence-corrected chi connectivity index (χ2v) is 10.2. The predicted octanol–water partition coefficient (Wildman–Crippen LogP) is 7.13. The Morgan fingerprint density at radius 2 is 1.50 bits per heavy atom. The first kappa shape index (κ1) is 20.0. The summed E-state index contributed by atoms with van der Waals surface area (Å²) in [5.74, 6) is 3.03. The van der Waals surface area contributed by atoms with Crippen molar-refractivity contribution < 1.29 is 9.53 Å². The van der Waals surface area contributed by atoms with Crippen LogP contribution in [0.2, 0.25) is 0 Å². The Kier molecular flexibility index (Phi) is 5.35. The molecule has 5 rings (SSSR count). The van der Waals surface area contributed by atoms with Crippen molar-refractivity contribution in [1.29, 1.82) is 0 Å². The molecule has 4 aliphatic rings. The summed E-state index contributed by atoms with van der Waals surface area (Å²) in [7, 11) is 0. The van der Waals surface area contributed by atoms with Crippen molar-refractivity contribution in [3.05, 3.63) is 35.4 Å². The van der Waals surface area contributed by atoms with E-state index >= 15 is 0 Å². The van der Waals surface area contributed by atoms with Crippen molar-refractivity contribution >= 4 is 5.97 Å². The topological polar surface area (TPSA) is 26.3 Å². The molecule has 0 amide bonds. The van der Waals surface area contributed by atoms with Crippen molar-refractivity contribution in [3.8, 4) is 0 Å². The maximum absolute atomic E-state index is 13.2. The van der Waals surface area contributed by atoms with Gasteiger partial charge < -0.3 is 4.74 Å². The van der Waals surface area contributed by atoms with E-state index in [1.165, 1.54) is 44.1 Å². The van der Waals surface area contributed by atoms with Gasteiger partial charge >= 0.3 is 5.97 Å². The minimum Gasteiger partial charge on any atom is -0.455 e. The highest BCUT2D eigenvalue weighted by Gasteiger charge is 2.61. The Labute approximate surface area is 171 Å². The molecule has 28 heavy (non-hydrogen) atoms. The van der Waals surface area contributed by atoms with Crippen molar-refractivity contribution in [3.63, 3.8) is 0 Å². The van der Waals surface area contributed by atoms with Gasteiger partial charge in [-0.25, -0.2) is 4.79 Å². The lowest BCUT2D eigenvalue weighted by Gasteiger charge is -2.63. The lowest BCUT2D eigenvalue weighted by molar-refractivity contribution is -0.183. The zero-order chi connectivity index (χ0) is 19.9. The van der Waals surface area contributed by atoms with Gasteiger partial charge in [-0.3, -0.25) is 0 Å². The van der Waals surface area contributed by atoms with Crippen LogP contribution in [0.4, 0.5) is 0 Å². The molecule has 0 spiro atoms. The van der Waals surface area contributed by atoms with Gasteiger partial charge in [-0.1, -0.05) is 39.8 Å². The van der Waals surface area contributed by atoms with Crippen molar-refractivity contribution in [2.75, 3.05) is 0 Å². The molecule has 0 aliphatic heterocycles. The maximum atomic E-state index is 13.2. The fourth-order valence-electron chi connectivity index (χ4n) is 7.34. The van der Waals surface area contributed by atoms with Crippen LogP contribution in [0.1, 0.15) is 107 Å². The lowest BCUT2D eigenvalue weighted by Crippen LogP contribution is -2.59. The molecular formula is C26H38O2. The molecule has 2 nitrogen and oxygen atoms in total. The first-order chi connectivity index (χ1) is 13.4. The third-order valence-electron chi connectivity index (χ3n) is 8.76. The fraction of sp³-hybridized carbons (Fsp3) is 0.731. The van der Waals surface area contributed by atoms with E-state index in [1.807, 2.05) is 12.1 Å². The van der Waals surface area contributed by atoms with Gasteiger partial charge in [-0.05, 0) is 99.2 Å². The van der Waals surface area contributed by atoms with E-state index < -0.39 is 0 Å². The Morgan fingerprint density at radius 3 is 1.93 bits per heavy atom. The number of carbonyl (C=O) groups excluding carboxylic acids is 1. The second-order valence-electron chi connectivity index (χ2n) is 10.2. The second kappa shape index (κ2) is 7.50. The van der Waals surface area contributed by atoms with E-state index in [-0.39, 0.29) is 17.0 Å². The van der Waals surface area contributed by atoms with Crippen LogP contribution in [-0.4, -0.2) is 11.6 Å². The summed E-state index contributed by atoms with van der Waals surface area (Å²) in [5.41, 5.74) is 1.94. The van der Waals surface area contributed by atoms with Crippen LogP contribution in [0.25, 0.3) is 0 Å². The molecule has 154 valence electrons. The van der Waals surface area contributed by atoms with E-state index in [2.05, 4.69) is 39.8 Å². The summed E-state index contributed by atoms with van der Waals surface area (Å²) >= 11 is 0. The molecule has 0 radical (unpaired) electrons. The molecule has 0 N–H and O–H groups in total. The fourth-order valence-corrected chi connectivity index (χ4v) is 7.34. The maximum Gasteiger partial charge on any atom is 0.338 e. The number of esters is 1. The summed E-state index contributed by atoms with van der Waals surface area (Å²) < 4.78 is 6.50. The molecule has 2 heteroatoms. The van der Waals surface area contributed by atoms with Gasteiger partial charge in [-0.15, -0.1) is 0 Å². The van der Waals surface area contributed by atoms with Gasteiger partial charge in [0.1, 0.15) is 5.60 Å². The van der Waals surface area contributed by atoms with Gasteiger partial charge in [0.2, 0.25) is 0 Å². The average Bonchev–Trinajstić information content (AvgIpc) is 2.70. The largest absolute Gasteiger partial charge is 0.455 e. The van der Waals surface area contributed by atoms with Crippen LogP contribution in [0.3, 0.4) is 0 Å². The van der Waals surface area contributed by atoms with Gasteiger partial charge in [-0.2, -0.15) is 0 Å².